The fourth-order valence-corrected chi connectivity index (χ4v) is 6.29. The highest BCUT2D eigenvalue weighted by Crippen LogP contribution is 2.28. The van der Waals surface area contributed by atoms with Gasteiger partial charge in [0.25, 0.3) is 10.0 Å². The molecule has 40 heavy (non-hydrogen) atoms. The van der Waals surface area contributed by atoms with E-state index in [2.05, 4.69) is 5.32 Å². The van der Waals surface area contributed by atoms with E-state index in [0.29, 0.717) is 5.75 Å². The minimum absolute atomic E-state index is 0.0651. The maximum Gasteiger partial charge on any atom is 0.264 e. The maximum absolute atomic E-state index is 14.0. The van der Waals surface area contributed by atoms with Crippen molar-refractivity contribution in [2.24, 2.45) is 0 Å². The number of carbonyl (C=O) groups is 2. The topological polar surface area (TPSA) is 96.0 Å². The fraction of sp³-hybridized carbons (Fsp3) is 0.355. The molecule has 4 rings (SSSR count). The van der Waals surface area contributed by atoms with Crippen molar-refractivity contribution < 1.29 is 22.7 Å². The Hall–Kier alpha value is -3.85. The second-order valence-corrected chi connectivity index (χ2v) is 12.1. The first-order valence-electron chi connectivity index (χ1n) is 13.6. The van der Waals surface area contributed by atoms with E-state index in [1.807, 2.05) is 37.3 Å². The molecule has 1 saturated carbocycles. The van der Waals surface area contributed by atoms with E-state index in [0.717, 1.165) is 41.1 Å². The van der Waals surface area contributed by atoms with Crippen molar-refractivity contribution >= 4 is 27.5 Å². The Balaban J connectivity index is 1.68. The van der Waals surface area contributed by atoms with E-state index in [1.165, 1.54) is 24.1 Å². The van der Waals surface area contributed by atoms with Gasteiger partial charge in [-0.2, -0.15) is 0 Å². The van der Waals surface area contributed by atoms with Crippen LogP contribution in [0.5, 0.6) is 5.75 Å². The smallest absolute Gasteiger partial charge is 0.264 e. The van der Waals surface area contributed by atoms with Crippen LogP contribution in [0.3, 0.4) is 0 Å². The molecule has 1 aliphatic rings. The molecule has 1 aliphatic carbocycles. The molecule has 0 aliphatic heterocycles. The Morgan fingerprint density at radius 3 is 2.30 bits per heavy atom. The molecular formula is C31H37N3O5S. The van der Waals surface area contributed by atoms with Crippen LogP contribution in [0.25, 0.3) is 0 Å². The zero-order valence-electron chi connectivity index (χ0n) is 23.2. The first-order chi connectivity index (χ1) is 19.2. The number of nitrogens with one attached hydrogen (secondary N) is 1. The number of anilines is 1. The number of rotatable bonds is 11. The zero-order chi connectivity index (χ0) is 28.7. The molecule has 212 valence electrons. The lowest BCUT2D eigenvalue weighted by Gasteiger charge is -2.32. The highest BCUT2D eigenvalue weighted by atomic mass is 32.2. The summed E-state index contributed by atoms with van der Waals surface area (Å²) >= 11 is 0. The number of sulfonamides is 1. The number of aryl methyl sites for hydroxylation is 1. The van der Waals surface area contributed by atoms with Gasteiger partial charge in [-0.25, -0.2) is 8.42 Å². The lowest BCUT2D eigenvalue weighted by atomic mass is 10.1. The van der Waals surface area contributed by atoms with Gasteiger partial charge >= 0.3 is 0 Å². The van der Waals surface area contributed by atoms with Crippen molar-refractivity contribution in [2.45, 2.75) is 63.1 Å². The number of methoxy groups -OCH3 is 1. The fourth-order valence-electron chi connectivity index (χ4n) is 4.89. The molecule has 1 N–H and O–H groups in total. The molecule has 0 radical (unpaired) electrons. The standard InChI is InChI=1S/C31H37N3O5S/c1-23-16-18-29(19-17-23)40(37,38)34(27-14-9-15-28(20-27)39-3)22-30(35)33(21-25-10-5-4-6-11-25)24(2)31(36)32-26-12-7-8-13-26/h4-6,9-11,14-20,24,26H,7-8,12-13,21-22H2,1-3H3,(H,32,36)/t24-/m0/s1. The summed E-state index contributed by atoms with van der Waals surface area (Å²) < 4.78 is 34.3. The number of hydrogen-bond donors (Lipinski definition) is 1. The quantitative estimate of drug-likeness (QED) is 0.366. The molecule has 1 atom stereocenters. The van der Waals surface area contributed by atoms with Crippen LogP contribution in [0.4, 0.5) is 5.69 Å². The average molecular weight is 564 g/mol. The van der Waals surface area contributed by atoms with Crippen molar-refractivity contribution in [2.75, 3.05) is 18.0 Å². The Morgan fingerprint density at radius 1 is 0.975 bits per heavy atom. The van der Waals surface area contributed by atoms with Crippen LogP contribution in [0.15, 0.2) is 83.8 Å². The highest BCUT2D eigenvalue weighted by Gasteiger charge is 2.33. The van der Waals surface area contributed by atoms with E-state index in [-0.39, 0.29) is 29.1 Å². The van der Waals surface area contributed by atoms with Gasteiger partial charge in [0.05, 0.1) is 17.7 Å². The summed E-state index contributed by atoms with van der Waals surface area (Å²) in [6, 6.07) is 21.7. The van der Waals surface area contributed by atoms with Crippen molar-refractivity contribution in [3.8, 4) is 5.75 Å². The number of benzene rings is 3. The Bertz CT molecular complexity index is 1400. The third-order valence-electron chi connectivity index (χ3n) is 7.29. The molecule has 9 heteroatoms. The van der Waals surface area contributed by atoms with Gasteiger partial charge in [-0.05, 0) is 56.5 Å². The summed E-state index contributed by atoms with van der Waals surface area (Å²) in [5.74, 6) is -0.276. The summed E-state index contributed by atoms with van der Waals surface area (Å²) in [6.45, 7) is 3.24. The van der Waals surface area contributed by atoms with Crippen LogP contribution in [0, 0.1) is 6.92 Å². The predicted octanol–water partition coefficient (Wildman–Crippen LogP) is 4.68. The molecule has 2 amide bonds. The van der Waals surface area contributed by atoms with Gasteiger partial charge < -0.3 is 15.0 Å². The Morgan fingerprint density at radius 2 is 1.65 bits per heavy atom. The van der Waals surface area contributed by atoms with Crippen LogP contribution in [-0.2, 0) is 26.2 Å². The minimum atomic E-state index is -4.13. The molecule has 3 aromatic rings. The third kappa shape index (κ3) is 7.01. The van der Waals surface area contributed by atoms with Gasteiger partial charge in [0.15, 0.2) is 0 Å². The normalized spacial score (nSPS) is 14.4. The van der Waals surface area contributed by atoms with Crippen LogP contribution < -0.4 is 14.4 Å². The highest BCUT2D eigenvalue weighted by molar-refractivity contribution is 7.92. The first-order valence-corrected chi connectivity index (χ1v) is 15.0. The second kappa shape index (κ2) is 13.0. The van der Waals surface area contributed by atoms with Crippen molar-refractivity contribution in [1.82, 2.24) is 10.2 Å². The summed E-state index contributed by atoms with van der Waals surface area (Å²) in [6.07, 6.45) is 3.98. The molecule has 0 unspecified atom stereocenters. The molecule has 0 saturated heterocycles. The number of ether oxygens (including phenoxy) is 1. The Kier molecular flexibility index (Phi) is 9.47. The van der Waals surface area contributed by atoms with Crippen molar-refractivity contribution in [1.29, 1.82) is 0 Å². The van der Waals surface area contributed by atoms with Gasteiger partial charge in [0, 0.05) is 18.7 Å². The zero-order valence-corrected chi connectivity index (χ0v) is 24.1. The van der Waals surface area contributed by atoms with Gasteiger partial charge in [-0.15, -0.1) is 0 Å². The van der Waals surface area contributed by atoms with Gasteiger partial charge in [-0.3, -0.25) is 13.9 Å². The third-order valence-corrected chi connectivity index (χ3v) is 9.08. The van der Waals surface area contributed by atoms with E-state index in [1.54, 1.807) is 43.3 Å². The SMILES string of the molecule is COc1cccc(N(CC(=O)N(Cc2ccccc2)[C@@H](C)C(=O)NC2CCCC2)S(=O)(=O)c2ccc(C)cc2)c1. The molecule has 0 spiro atoms. The minimum Gasteiger partial charge on any atom is -0.497 e. The molecule has 3 aromatic carbocycles. The summed E-state index contributed by atoms with van der Waals surface area (Å²) in [4.78, 5) is 28.8. The van der Waals surface area contributed by atoms with Crippen LogP contribution >= 0.6 is 0 Å². The van der Waals surface area contributed by atoms with Crippen LogP contribution in [0.2, 0.25) is 0 Å². The number of nitrogens with zero attached hydrogens (tertiary/aromatic N) is 2. The van der Waals surface area contributed by atoms with Crippen molar-refractivity contribution in [3.63, 3.8) is 0 Å². The maximum atomic E-state index is 14.0. The number of carbonyl (C=O) groups excluding carboxylic acids is 2. The molecule has 0 bridgehead atoms. The molecule has 8 nitrogen and oxygen atoms in total. The van der Waals surface area contributed by atoms with Gasteiger partial charge in [-0.1, -0.05) is 66.9 Å². The largest absolute Gasteiger partial charge is 0.497 e. The van der Waals surface area contributed by atoms with Gasteiger partial charge in [0.1, 0.15) is 18.3 Å². The lowest BCUT2D eigenvalue weighted by molar-refractivity contribution is -0.139. The summed E-state index contributed by atoms with van der Waals surface area (Å²) in [7, 11) is -2.64. The Labute approximate surface area is 237 Å². The van der Waals surface area contributed by atoms with Crippen LogP contribution in [-0.4, -0.2) is 50.9 Å². The monoisotopic (exact) mass is 563 g/mol. The molecule has 1 fully saturated rings. The molecule has 0 aromatic heterocycles. The molecular weight excluding hydrogens is 526 g/mol. The molecule has 0 heterocycles. The van der Waals surface area contributed by atoms with Crippen molar-refractivity contribution in [3.05, 3.63) is 90.0 Å². The van der Waals surface area contributed by atoms with Gasteiger partial charge in [0.2, 0.25) is 11.8 Å². The average Bonchev–Trinajstić information content (AvgIpc) is 3.48. The summed E-state index contributed by atoms with van der Waals surface area (Å²) in [5.41, 5.74) is 2.04. The van der Waals surface area contributed by atoms with E-state index in [9.17, 15) is 18.0 Å². The second-order valence-electron chi connectivity index (χ2n) is 10.2. The van der Waals surface area contributed by atoms with E-state index >= 15 is 0 Å². The first kappa shape index (κ1) is 29.1. The summed E-state index contributed by atoms with van der Waals surface area (Å²) in [5, 5.41) is 3.08. The van der Waals surface area contributed by atoms with E-state index < -0.39 is 28.5 Å². The predicted molar refractivity (Wildman–Crippen MR) is 156 cm³/mol. The van der Waals surface area contributed by atoms with E-state index in [4.69, 9.17) is 4.74 Å². The number of hydrogen-bond acceptors (Lipinski definition) is 5. The van der Waals surface area contributed by atoms with Crippen LogP contribution in [0.1, 0.15) is 43.7 Å². The number of amides is 2. The lowest BCUT2D eigenvalue weighted by Crippen LogP contribution is -2.52.